The second kappa shape index (κ2) is 12.2. The molecule has 41 heavy (non-hydrogen) atoms. The quantitative estimate of drug-likeness (QED) is 0.418. The molecule has 7 nitrogen and oxygen atoms in total. The predicted molar refractivity (Wildman–Crippen MR) is 159 cm³/mol. The summed E-state index contributed by atoms with van der Waals surface area (Å²) in [5.74, 6) is 1.56. The minimum atomic E-state index is -0.187. The number of hydrogen-bond acceptors (Lipinski definition) is 5. The molecule has 9 heteroatoms. The first-order chi connectivity index (χ1) is 19.8. The van der Waals surface area contributed by atoms with Gasteiger partial charge in [0.15, 0.2) is 5.13 Å². The van der Waals surface area contributed by atoms with E-state index < -0.39 is 0 Å². The highest BCUT2D eigenvalue weighted by Crippen LogP contribution is 2.43. The Hall–Kier alpha value is -2.26. The zero-order chi connectivity index (χ0) is 28.7. The van der Waals surface area contributed by atoms with E-state index in [1.165, 1.54) is 42.4 Å². The van der Waals surface area contributed by atoms with E-state index in [0.29, 0.717) is 24.7 Å². The van der Waals surface area contributed by atoms with Crippen LogP contribution >= 0.6 is 11.3 Å². The molecule has 6 rings (SSSR count). The molecule has 0 aromatic carbocycles. The molecule has 3 fully saturated rings. The van der Waals surface area contributed by atoms with Crippen LogP contribution in [-0.4, -0.2) is 56.3 Å². The Kier molecular flexibility index (Phi) is 8.55. The second-order valence-electron chi connectivity index (χ2n) is 13.2. The lowest BCUT2D eigenvalue weighted by Gasteiger charge is -2.41. The number of piperidine rings is 1. The molecule has 224 valence electrons. The Morgan fingerprint density at radius 1 is 1.07 bits per heavy atom. The number of thiophene rings is 1. The van der Waals surface area contributed by atoms with Gasteiger partial charge in [-0.2, -0.15) is 4.39 Å². The van der Waals surface area contributed by atoms with Crippen molar-refractivity contribution in [3.8, 4) is 0 Å². The third-order valence-corrected chi connectivity index (χ3v) is 11.2. The molecule has 2 saturated heterocycles. The SMILES string of the molecule is Cc1nc2c(n1C1C[C@H]3CC[C@@H](C1)N3CC[C@H](NC(=O)C1CCCCC1)c1ccc(F)s1)CCN(C(=O)C(C)C)C2. The number of hydrogen-bond donors (Lipinski definition) is 1. The maximum absolute atomic E-state index is 14.0. The lowest BCUT2D eigenvalue weighted by molar-refractivity contribution is -0.135. The molecule has 4 aliphatic rings. The van der Waals surface area contributed by atoms with Crippen molar-refractivity contribution in [2.45, 2.75) is 122 Å². The second-order valence-corrected chi connectivity index (χ2v) is 14.2. The van der Waals surface area contributed by atoms with E-state index in [4.69, 9.17) is 4.98 Å². The Morgan fingerprint density at radius 2 is 1.80 bits per heavy atom. The lowest BCUT2D eigenvalue weighted by atomic mass is 9.88. The van der Waals surface area contributed by atoms with Gasteiger partial charge in [-0.3, -0.25) is 14.5 Å². The van der Waals surface area contributed by atoms with Crippen molar-refractivity contribution in [2.24, 2.45) is 11.8 Å². The topological polar surface area (TPSA) is 70.5 Å². The summed E-state index contributed by atoms with van der Waals surface area (Å²) in [6.45, 7) is 8.39. The number of aromatic nitrogens is 2. The number of nitrogens with one attached hydrogen (secondary N) is 1. The van der Waals surface area contributed by atoms with Gasteiger partial charge in [0.1, 0.15) is 5.82 Å². The number of carbonyl (C=O) groups excluding carboxylic acids is 2. The summed E-state index contributed by atoms with van der Waals surface area (Å²) in [5, 5.41) is 3.15. The van der Waals surface area contributed by atoms with E-state index in [-0.39, 0.29) is 34.8 Å². The normalized spacial score (nSPS) is 25.9. The summed E-state index contributed by atoms with van der Waals surface area (Å²) in [4.78, 5) is 36.3. The van der Waals surface area contributed by atoms with Crippen molar-refractivity contribution >= 4 is 23.2 Å². The summed E-state index contributed by atoms with van der Waals surface area (Å²) in [6, 6.07) is 4.74. The van der Waals surface area contributed by atoms with Crippen molar-refractivity contribution in [1.29, 1.82) is 0 Å². The van der Waals surface area contributed by atoms with Crippen LogP contribution in [0, 0.1) is 23.9 Å². The molecule has 2 aromatic heterocycles. The fourth-order valence-corrected chi connectivity index (χ4v) is 8.95. The average Bonchev–Trinajstić information content (AvgIpc) is 3.61. The number of fused-ring (bicyclic) bond motifs is 3. The van der Waals surface area contributed by atoms with E-state index in [1.807, 2.05) is 24.8 Å². The van der Waals surface area contributed by atoms with Gasteiger partial charge in [0.05, 0.1) is 18.3 Å². The fraction of sp³-hybridized carbons (Fsp3) is 0.719. The molecule has 1 aliphatic carbocycles. The number of imidazole rings is 1. The van der Waals surface area contributed by atoms with Crippen molar-refractivity contribution < 1.29 is 14.0 Å². The van der Waals surface area contributed by atoms with E-state index in [0.717, 1.165) is 80.9 Å². The maximum atomic E-state index is 14.0. The molecule has 1 N–H and O–H groups in total. The Morgan fingerprint density at radius 3 is 2.46 bits per heavy atom. The van der Waals surface area contributed by atoms with Crippen LogP contribution in [0.2, 0.25) is 0 Å². The zero-order valence-corrected chi connectivity index (χ0v) is 25.7. The first-order valence-electron chi connectivity index (χ1n) is 15.9. The fourth-order valence-electron chi connectivity index (χ4n) is 8.13. The molecular weight excluding hydrogens is 537 g/mol. The number of amides is 2. The van der Waals surface area contributed by atoms with Crippen molar-refractivity contribution in [3.05, 3.63) is 39.4 Å². The Bertz CT molecular complexity index is 1240. The summed E-state index contributed by atoms with van der Waals surface area (Å²) in [5.41, 5.74) is 2.41. The number of rotatable bonds is 8. The molecule has 5 heterocycles. The molecule has 4 atom stereocenters. The van der Waals surface area contributed by atoms with Gasteiger partial charge in [0, 0.05) is 60.0 Å². The molecule has 1 unspecified atom stereocenters. The van der Waals surface area contributed by atoms with Gasteiger partial charge < -0.3 is 14.8 Å². The molecule has 3 aliphatic heterocycles. The highest BCUT2D eigenvalue weighted by atomic mass is 32.1. The van der Waals surface area contributed by atoms with E-state index in [9.17, 15) is 14.0 Å². The van der Waals surface area contributed by atoms with Crippen LogP contribution in [0.1, 0.15) is 112 Å². The van der Waals surface area contributed by atoms with Gasteiger partial charge in [-0.1, -0.05) is 33.1 Å². The van der Waals surface area contributed by atoms with Gasteiger partial charge in [-0.15, -0.1) is 11.3 Å². The first kappa shape index (κ1) is 28.8. The van der Waals surface area contributed by atoms with Gasteiger partial charge in [0.2, 0.25) is 11.8 Å². The Balaban J connectivity index is 1.11. The number of halogens is 1. The van der Waals surface area contributed by atoms with Crippen LogP contribution in [0.4, 0.5) is 4.39 Å². The van der Waals surface area contributed by atoms with Crippen LogP contribution in [0.3, 0.4) is 0 Å². The molecular formula is C32H46FN5O2S. The van der Waals surface area contributed by atoms with Gasteiger partial charge in [-0.05, 0) is 64.0 Å². The van der Waals surface area contributed by atoms with Gasteiger partial charge in [0.25, 0.3) is 0 Å². The summed E-state index contributed by atoms with van der Waals surface area (Å²) in [7, 11) is 0. The van der Waals surface area contributed by atoms with E-state index in [1.54, 1.807) is 0 Å². The molecule has 1 saturated carbocycles. The van der Waals surface area contributed by atoms with Gasteiger partial charge >= 0.3 is 0 Å². The summed E-state index contributed by atoms with van der Waals surface area (Å²) in [6.07, 6.45) is 11.8. The molecule has 2 bridgehead atoms. The zero-order valence-electron chi connectivity index (χ0n) is 24.9. The van der Waals surface area contributed by atoms with Gasteiger partial charge in [-0.25, -0.2) is 4.98 Å². The number of carbonyl (C=O) groups is 2. The summed E-state index contributed by atoms with van der Waals surface area (Å²) >= 11 is 1.17. The third-order valence-electron chi connectivity index (χ3n) is 10.2. The smallest absolute Gasteiger partial charge is 0.225 e. The molecule has 0 spiro atoms. The van der Waals surface area contributed by atoms with Crippen LogP contribution in [0.15, 0.2) is 12.1 Å². The average molecular weight is 584 g/mol. The highest BCUT2D eigenvalue weighted by molar-refractivity contribution is 7.10. The molecule has 2 aromatic rings. The molecule has 2 amide bonds. The standard InChI is InChI=1S/C32H46FN5O2S/c1-20(2)32(40)36-15-14-28-27(19-36)34-21(3)38(28)25-17-23-9-10-24(18-25)37(23)16-13-26(29-11-12-30(33)41-29)35-31(39)22-7-5-4-6-8-22/h11-12,20,22-26H,4-10,13-19H2,1-3H3,(H,35,39)/t23-,24+,25?,26-/m0/s1. The first-order valence-corrected chi connectivity index (χ1v) is 16.8. The molecule has 0 radical (unpaired) electrons. The van der Waals surface area contributed by atoms with Crippen molar-refractivity contribution in [1.82, 2.24) is 24.7 Å². The van der Waals surface area contributed by atoms with Crippen LogP contribution in [0.5, 0.6) is 0 Å². The van der Waals surface area contributed by atoms with Crippen molar-refractivity contribution in [2.75, 3.05) is 13.1 Å². The predicted octanol–water partition coefficient (Wildman–Crippen LogP) is 5.93. The van der Waals surface area contributed by atoms with Crippen LogP contribution < -0.4 is 5.32 Å². The Labute approximate surface area is 247 Å². The van der Waals surface area contributed by atoms with Crippen LogP contribution in [0.25, 0.3) is 0 Å². The number of aryl methyl sites for hydroxylation is 1. The largest absolute Gasteiger partial charge is 0.348 e. The van der Waals surface area contributed by atoms with Crippen LogP contribution in [-0.2, 0) is 22.6 Å². The maximum Gasteiger partial charge on any atom is 0.225 e. The highest BCUT2D eigenvalue weighted by Gasteiger charge is 2.43. The van der Waals surface area contributed by atoms with E-state index >= 15 is 0 Å². The lowest BCUT2D eigenvalue weighted by Crippen LogP contribution is -2.45. The number of nitrogens with zero attached hydrogens (tertiary/aromatic N) is 4. The minimum Gasteiger partial charge on any atom is -0.348 e. The van der Waals surface area contributed by atoms with E-state index in [2.05, 4.69) is 21.7 Å². The third kappa shape index (κ3) is 5.99. The minimum absolute atomic E-state index is 0.0127. The monoisotopic (exact) mass is 583 g/mol. The summed E-state index contributed by atoms with van der Waals surface area (Å²) < 4.78 is 16.5. The van der Waals surface area contributed by atoms with Crippen molar-refractivity contribution in [3.63, 3.8) is 0 Å².